The predicted molar refractivity (Wildman–Crippen MR) is 81.7 cm³/mol. The summed E-state index contributed by atoms with van der Waals surface area (Å²) >= 11 is 2.43. The van der Waals surface area contributed by atoms with Crippen LogP contribution >= 0.6 is 23.1 Å². The van der Waals surface area contributed by atoms with Crippen molar-refractivity contribution >= 4 is 28.8 Å². The van der Waals surface area contributed by atoms with Crippen molar-refractivity contribution in [1.29, 1.82) is 0 Å². The lowest BCUT2D eigenvalue weighted by molar-refractivity contribution is 0.320. The van der Waals surface area contributed by atoms with Crippen LogP contribution in [0.1, 0.15) is 16.9 Å². The zero-order chi connectivity index (χ0) is 15.9. The molecule has 0 saturated carbocycles. The SMILES string of the molecule is O/N=C(\c1ccccc1)c1cnc(SCCC(F)=C(F)F)s1. The number of thioether (sulfide) groups is 1. The van der Waals surface area contributed by atoms with Gasteiger partial charge in [-0.05, 0) is 0 Å². The second-order valence-corrected chi connectivity index (χ2v) is 6.44. The van der Waals surface area contributed by atoms with Gasteiger partial charge in [-0.3, -0.25) is 0 Å². The lowest BCUT2D eigenvalue weighted by atomic mass is 10.1. The van der Waals surface area contributed by atoms with E-state index in [9.17, 15) is 18.4 Å². The van der Waals surface area contributed by atoms with Crippen molar-refractivity contribution in [2.24, 2.45) is 5.16 Å². The highest BCUT2D eigenvalue weighted by molar-refractivity contribution is 8.01. The highest BCUT2D eigenvalue weighted by Gasteiger charge is 2.12. The Morgan fingerprint density at radius 3 is 2.59 bits per heavy atom. The Kier molecular flexibility index (Phi) is 6.02. The Labute approximate surface area is 133 Å². The number of halogens is 3. The van der Waals surface area contributed by atoms with Gasteiger partial charge in [0.15, 0.2) is 5.83 Å². The molecule has 0 fully saturated rings. The number of hydrogen-bond acceptors (Lipinski definition) is 5. The molecule has 0 unspecified atom stereocenters. The van der Waals surface area contributed by atoms with Crippen LogP contribution in [0.2, 0.25) is 0 Å². The van der Waals surface area contributed by atoms with Gasteiger partial charge in [-0.25, -0.2) is 9.37 Å². The van der Waals surface area contributed by atoms with E-state index in [0.29, 0.717) is 14.9 Å². The number of nitrogens with zero attached hydrogens (tertiary/aromatic N) is 2. The van der Waals surface area contributed by atoms with Crippen LogP contribution in [0.15, 0.2) is 57.9 Å². The molecule has 0 spiro atoms. The number of hydrogen-bond donors (Lipinski definition) is 1. The molecule has 0 amide bonds. The number of rotatable bonds is 6. The van der Waals surface area contributed by atoms with Crippen LogP contribution in [0, 0.1) is 0 Å². The van der Waals surface area contributed by atoms with Gasteiger partial charge in [0.2, 0.25) is 0 Å². The average Bonchev–Trinajstić information content (AvgIpc) is 2.97. The largest absolute Gasteiger partial charge is 0.410 e. The van der Waals surface area contributed by atoms with Crippen LogP contribution in [0.3, 0.4) is 0 Å². The van der Waals surface area contributed by atoms with Gasteiger partial charge in [0, 0.05) is 23.9 Å². The molecular formula is C14H11F3N2OS2. The van der Waals surface area contributed by atoms with Crippen molar-refractivity contribution in [3.05, 3.63) is 58.9 Å². The van der Waals surface area contributed by atoms with E-state index in [0.717, 1.165) is 5.56 Å². The molecule has 0 saturated heterocycles. The number of aromatic nitrogens is 1. The fourth-order valence-electron chi connectivity index (χ4n) is 1.60. The monoisotopic (exact) mass is 344 g/mol. The number of benzene rings is 1. The zero-order valence-electron chi connectivity index (χ0n) is 11.2. The third-order valence-electron chi connectivity index (χ3n) is 2.62. The molecule has 116 valence electrons. The maximum absolute atomic E-state index is 12.7. The number of allylic oxidation sites excluding steroid dienone is 1. The first-order valence-electron chi connectivity index (χ1n) is 6.18. The Hall–Kier alpha value is -1.80. The van der Waals surface area contributed by atoms with E-state index in [2.05, 4.69) is 10.1 Å². The molecule has 22 heavy (non-hydrogen) atoms. The number of oxime groups is 1. The maximum Gasteiger partial charge on any atom is 0.301 e. The van der Waals surface area contributed by atoms with Crippen LogP contribution in [0.25, 0.3) is 0 Å². The molecule has 0 radical (unpaired) electrons. The first kappa shape index (κ1) is 16.6. The zero-order valence-corrected chi connectivity index (χ0v) is 12.8. The second kappa shape index (κ2) is 8.00. The molecule has 1 heterocycles. The van der Waals surface area contributed by atoms with Gasteiger partial charge < -0.3 is 5.21 Å². The summed E-state index contributed by atoms with van der Waals surface area (Å²) in [4.78, 5) is 4.76. The third-order valence-corrected chi connectivity index (χ3v) is 4.78. The Balaban J connectivity index is 2.03. The molecule has 0 aliphatic heterocycles. The summed E-state index contributed by atoms with van der Waals surface area (Å²) in [5.74, 6) is -1.24. The summed E-state index contributed by atoms with van der Waals surface area (Å²) in [6.45, 7) is 0. The molecule has 3 nitrogen and oxygen atoms in total. The molecular weight excluding hydrogens is 333 g/mol. The van der Waals surface area contributed by atoms with Crippen LogP contribution in [0.4, 0.5) is 13.2 Å². The van der Waals surface area contributed by atoms with E-state index < -0.39 is 11.9 Å². The minimum atomic E-state index is -2.28. The molecule has 1 aromatic heterocycles. The smallest absolute Gasteiger partial charge is 0.301 e. The van der Waals surface area contributed by atoms with Gasteiger partial charge in [0.05, 0.1) is 4.88 Å². The van der Waals surface area contributed by atoms with Crippen LogP contribution in [-0.4, -0.2) is 21.7 Å². The van der Waals surface area contributed by atoms with Crippen molar-refractivity contribution in [1.82, 2.24) is 4.98 Å². The lowest BCUT2D eigenvalue weighted by Gasteiger charge is -2.00. The topological polar surface area (TPSA) is 45.5 Å². The molecule has 2 rings (SSSR count). The summed E-state index contributed by atoms with van der Waals surface area (Å²) in [6, 6.07) is 9.08. The average molecular weight is 344 g/mol. The van der Waals surface area contributed by atoms with Crippen molar-refractivity contribution in [2.75, 3.05) is 5.75 Å². The van der Waals surface area contributed by atoms with Crippen molar-refractivity contribution in [3.63, 3.8) is 0 Å². The van der Waals surface area contributed by atoms with Crippen molar-refractivity contribution in [2.45, 2.75) is 10.8 Å². The molecule has 8 heteroatoms. The van der Waals surface area contributed by atoms with Crippen LogP contribution in [0.5, 0.6) is 0 Å². The minimum absolute atomic E-state index is 0.160. The Morgan fingerprint density at radius 1 is 1.23 bits per heavy atom. The molecule has 0 atom stereocenters. The van der Waals surface area contributed by atoms with E-state index in [4.69, 9.17) is 0 Å². The van der Waals surface area contributed by atoms with Gasteiger partial charge in [0.1, 0.15) is 10.1 Å². The third kappa shape index (κ3) is 4.35. The molecule has 0 bridgehead atoms. The first-order valence-corrected chi connectivity index (χ1v) is 7.98. The molecule has 2 aromatic rings. The predicted octanol–water partition coefficient (Wildman–Crippen LogP) is 4.93. The van der Waals surface area contributed by atoms with Crippen LogP contribution < -0.4 is 0 Å². The fraction of sp³-hybridized carbons (Fsp3) is 0.143. The van der Waals surface area contributed by atoms with E-state index >= 15 is 0 Å². The highest BCUT2D eigenvalue weighted by atomic mass is 32.2. The van der Waals surface area contributed by atoms with E-state index in [1.165, 1.54) is 29.3 Å². The van der Waals surface area contributed by atoms with E-state index in [1.807, 2.05) is 18.2 Å². The molecule has 1 N–H and O–H groups in total. The number of thiazole rings is 1. The minimum Gasteiger partial charge on any atom is -0.410 e. The quantitative estimate of drug-likeness (QED) is 0.350. The second-order valence-electron chi connectivity index (χ2n) is 4.07. The summed E-state index contributed by atoms with van der Waals surface area (Å²) in [6.07, 6.45) is -1.09. The maximum atomic E-state index is 12.7. The van der Waals surface area contributed by atoms with Crippen LogP contribution in [-0.2, 0) is 0 Å². The lowest BCUT2D eigenvalue weighted by Crippen LogP contribution is -2.00. The fourth-order valence-corrected chi connectivity index (χ4v) is 3.59. The Morgan fingerprint density at radius 2 is 1.95 bits per heavy atom. The van der Waals surface area contributed by atoms with Gasteiger partial charge in [-0.1, -0.05) is 47.2 Å². The molecule has 0 aliphatic carbocycles. The summed E-state index contributed by atoms with van der Waals surface area (Å²) in [5.41, 5.74) is 1.12. The van der Waals surface area contributed by atoms with Gasteiger partial charge in [-0.15, -0.1) is 11.3 Å². The normalized spacial score (nSPS) is 11.5. The highest BCUT2D eigenvalue weighted by Crippen LogP contribution is 2.28. The summed E-state index contributed by atoms with van der Waals surface area (Å²) in [5, 5.41) is 12.5. The van der Waals surface area contributed by atoms with E-state index in [-0.39, 0.29) is 12.2 Å². The van der Waals surface area contributed by atoms with Crippen molar-refractivity contribution in [3.8, 4) is 0 Å². The van der Waals surface area contributed by atoms with Gasteiger partial charge in [-0.2, -0.15) is 8.78 Å². The summed E-state index contributed by atoms with van der Waals surface area (Å²) < 4.78 is 37.2. The van der Waals surface area contributed by atoms with Crippen molar-refractivity contribution < 1.29 is 18.4 Å². The molecule has 1 aromatic carbocycles. The van der Waals surface area contributed by atoms with Gasteiger partial charge >= 0.3 is 6.08 Å². The summed E-state index contributed by atoms with van der Waals surface area (Å²) in [7, 11) is 0. The molecule has 0 aliphatic rings. The standard InChI is InChI=1S/C14H11F3N2OS2/c15-10(13(16)17)6-7-21-14-18-8-11(22-14)12(19-20)9-4-2-1-3-5-9/h1-5,8,20H,6-7H2/b19-12+. The van der Waals surface area contributed by atoms with E-state index in [1.54, 1.807) is 12.1 Å². The van der Waals surface area contributed by atoms with Gasteiger partial charge in [0.25, 0.3) is 0 Å². The first-order chi connectivity index (χ1) is 10.6. The Bertz CT molecular complexity index is 682.